The van der Waals surface area contributed by atoms with Crippen molar-refractivity contribution in [2.75, 3.05) is 5.75 Å². The lowest BCUT2D eigenvalue weighted by Gasteiger charge is -2.27. The van der Waals surface area contributed by atoms with Crippen molar-refractivity contribution in [1.29, 1.82) is 0 Å². The van der Waals surface area contributed by atoms with Gasteiger partial charge in [-0.1, -0.05) is 48.2 Å². The van der Waals surface area contributed by atoms with E-state index in [4.69, 9.17) is 0 Å². The summed E-state index contributed by atoms with van der Waals surface area (Å²) in [5.74, 6) is 1.08. The monoisotopic (exact) mass is 471 g/mol. The lowest BCUT2D eigenvalue weighted by Crippen LogP contribution is -2.37. The van der Waals surface area contributed by atoms with Gasteiger partial charge in [-0.3, -0.25) is 14.3 Å². The van der Waals surface area contributed by atoms with Crippen LogP contribution in [0.4, 0.5) is 0 Å². The van der Waals surface area contributed by atoms with Crippen molar-refractivity contribution in [3.05, 3.63) is 89.7 Å². The van der Waals surface area contributed by atoms with Gasteiger partial charge in [0, 0.05) is 30.5 Å². The Morgan fingerprint density at radius 2 is 1.71 bits per heavy atom. The van der Waals surface area contributed by atoms with E-state index in [9.17, 15) is 4.79 Å². The predicted octanol–water partition coefficient (Wildman–Crippen LogP) is 5.48. The molecule has 2 aromatic heterocycles. The zero-order valence-corrected chi connectivity index (χ0v) is 20.8. The van der Waals surface area contributed by atoms with Crippen LogP contribution in [0.15, 0.2) is 78.2 Å². The third-order valence-electron chi connectivity index (χ3n) is 5.78. The summed E-state index contributed by atoms with van der Waals surface area (Å²) in [4.78, 5) is 19.3. The van der Waals surface area contributed by atoms with E-state index in [0.29, 0.717) is 11.7 Å². The van der Waals surface area contributed by atoms with E-state index >= 15 is 0 Å². The van der Waals surface area contributed by atoms with Gasteiger partial charge in [0.1, 0.15) is 0 Å². The molecule has 0 aliphatic rings. The Hall–Kier alpha value is -3.45. The summed E-state index contributed by atoms with van der Waals surface area (Å²) in [7, 11) is 0. The third kappa shape index (κ3) is 5.37. The number of amides is 1. The molecule has 0 saturated carbocycles. The number of hydrogen-bond donors (Lipinski definition) is 0. The van der Waals surface area contributed by atoms with Crippen LogP contribution in [-0.2, 0) is 11.3 Å². The second-order valence-electron chi connectivity index (χ2n) is 8.54. The number of hydrogen-bond acceptors (Lipinski definition) is 5. The highest BCUT2D eigenvalue weighted by Crippen LogP contribution is 2.29. The van der Waals surface area contributed by atoms with E-state index in [0.717, 1.165) is 22.6 Å². The molecule has 34 heavy (non-hydrogen) atoms. The Labute approximate surface area is 205 Å². The van der Waals surface area contributed by atoms with Crippen LogP contribution in [0, 0.1) is 13.8 Å². The Bertz CT molecular complexity index is 1250. The van der Waals surface area contributed by atoms with Crippen LogP contribution in [0.5, 0.6) is 0 Å². The van der Waals surface area contributed by atoms with Gasteiger partial charge in [-0.25, -0.2) is 0 Å². The Morgan fingerprint density at radius 3 is 2.38 bits per heavy atom. The van der Waals surface area contributed by atoms with Gasteiger partial charge in [0.25, 0.3) is 0 Å². The van der Waals surface area contributed by atoms with Crippen molar-refractivity contribution < 1.29 is 4.79 Å². The molecule has 1 amide bonds. The fourth-order valence-corrected chi connectivity index (χ4v) is 4.53. The van der Waals surface area contributed by atoms with Crippen molar-refractivity contribution in [2.24, 2.45) is 0 Å². The largest absolute Gasteiger partial charge is 0.335 e. The molecular weight excluding hydrogens is 442 g/mol. The van der Waals surface area contributed by atoms with Crippen LogP contribution in [-0.4, -0.2) is 42.4 Å². The van der Waals surface area contributed by atoms with Crippen LogP contribution >= 0.6 is 11.8 Å². The Balaban J connectivity index is 1.62. The first-order chi connectivity index (χ1) is 16.4. The molecule has 0 N–H and O–H groups in total. The molecule has 0 unspecified atom stereocenters. The molecule has 0 fully saturated rings. The second kappa shape index (κ2) is 10.7. The van der Waals surface area contributed by atoms with Gasteiger partial charge in [-0.2, -0.15) is 0 Å². The summed E-state index contributed by atoms with van der Waals surface area (Å²) in [6.45, 7) is 8.87. The number of benzene rings is 2. The summed E-state index contributed by atoms with van der Waals surface area (Å²) in [5, 5.41) is 9.63. The molecule has 2 heterocycles. The summed E-state index contributed by atoms with van der Waals surface area (Å²) in [6.07, 6.45) is 3.49. The van der Waals surface area contributed by atoms with Crippen LogP contribution in [0.3, 0.4) is 0 Å². The number of aryl methyl sites for hydroxylation is 2. The average molecular weight is 472 g/mol. The smallest absolute Gasteiger partial charge is 0.233 e. The molecule has 2 aromatic carbocycles. The molecule has 4 rings (SSSR count). The fraction of sp³-hybridized carbons (Fsp3) is 0.259. The molecule has 0 radical (unpaired) electrons. The minimum atomic E-state index is 0.0731. The van der Waals surface area contributed by atoms with E-state index in [-0.39, 0.29) is 17.7 Å². The molecule has 4 aromatic rings. The van der Waals surface area contributed by atoms with E-state index in [2.05, 4.69) is 47.2 Å². The maximum Gasteiger partial charge on any atom is 0.233 e. The SMILES string of the molecule is Cc1ccc(-n2c(SCC(=O)N(Cc3ccccc3)C(C)C)nnc2-c2ccncc2)cc1C. The van der Waals surface area contributed by atoms with Crippen molar-refractivity contribution in [3.63, 3.8) is 0 Å². The van der Waals surface area contributed by atoms with Crippen LogP contribution < -0.4 is 0 Å². The fourth-order valence-electron chi connectivity index (χ4n) is 3.70. The van der Waals surface area contributed by atoms with Crippen molar-refractivity contribution >= 4 is 17.7 Å². The lowest BCUT2D eigenvalue weighted by molar-refractivity contribution is -0.130. The average Bonchev–Trinajstić information content (AvgIpc) is 3.28. The Kier molecular flexibility index (Phi) is 7.43. The summed E-state index contributed by atoms with van der Waals surface area (Å²) >= 11 is 1.41. The number of rotatable bonds is 8. The highest BCUT2D eigenvalue weighted by atomic mass is 32.2. The molecule has 6 nitrogen and oxygen atoms in total. The Morgan fingerprint density at radius 1 is 0.971 bits per heavy atom. The number of thioether (sulfide) groups is 1. The first-order valence-corrected chi connectivity index (χ1v) is 12.3. The second-order valence-corrected chi connectivity index (χ2v) is 9.48. The van der Waals surface area contributed by atoms with Crippen molar-refractivity contribution in [1.82, 2.24) is 24.6 Å². The first-order valence-electron chi connectivity index (χ1n) is 11.3. The number of aromatic nitrogens is 4. The first kappa shape index (κ1) is 23.7. The van der Waals surface area contributed by atoms with Gasteiger partial charge in [0.2, 0.25) is 5.91 Å². The predicted molar refractivity (Wildman–Crippen MR) is 137 cm³/mol. The van der Waals surface area contributed by atoms with Crippen molar-refractivity contribution in [2.45, 2.75) is 45.4 Å². The van der Waals surface area contributed by atoms with Gasteiger partial charge in [-0.05, 0) is 68.7 Å². The van der Waals surface area contributed by atoms with Gasteiger partial charge in [0.15, 0.2) is 11.0 Å². The number of carbonyl (C=O) groups is 1. The third-order valence-corrected chi connectivity index (χ3v) is 6.70. The quantitative estimate of drug-likeness (QED) is 0.319. The van der Waals surface area contributed by atoms with Crippen LogP contribution in [0.25, 0.3) is 17.1 Å². The lowest BCUT2D eigenvalue weighted by atomic mass is 10.1. The van der Waals surface area contributed by atoms with E-state index in [1.807, 2.05) is 65.8 Å². The van der Waals surface area contributed by atoms with Gasteiger partial charge in [0.05, 0.1) is 11.4 Å². The molecule has 0 aliphatic carbocycles. The normalized spacial score (nSPS) is 11.1. The molecule has 0 aliphatic heterocycles. The standard InChI is InChI=1S/C27H29N5OS/c1-19(2)31(17-22-8-6-5-7-9-22)25(33)18-34-27-30-29-26(23-12-14-28-15-13-23)32(27)24-11-10-20(3)21(4)16-24/h5-16,19H,17-18H2,1-4H3. The van der Waals surface area contributed by atoms with E-state index < -0.39 is 0 Å². The highest BCUT2D eigenvalue weighted by molar-refractivity contribution is 7.99. The van der Waals surface area contributed by atoms with Gasteiger partial charge in [-0.15, -0.1) is 10.2 Å². The summed E-state index contributed by atoms with van der Waals surface area (Å²) < 4.78 is 2.02. The van der Waals surface area contributed by atoms with Crippen LogP contribution in [0.2, 0.25) is 0 Å². The molecule has 7 heteroatoms. The topological polar surface area (TPSA) is 63.9 Å². The van der Waals surface area contributed by atoms with E-state index in [1.165, 1.54) is 22.9 Å². The summed E-state index contributed by atoms with van der Waals surface area (Å²) in [6, 6.07) is 20.3. The van der Waals surface area contributed by atoms with Crippen molar-refractivity contribution in [3.8, 4) is 17.1 Å². The number of carbonyl (C=O) groups excluding carboxylic acids is 1. The zero-order valence-electron chi connectivity index (χ0n) is 20.0. The minimum absolute atomic E-state index is 0.0731. The van der Waals surface area contributed by atoms with Crippen LogP contribution in [0.1, 0.15) is 30.5 Å². The maximum absolute atomic E-state index is 13.2. The van der Waals surface area contributed by atoms with E-state index in [1.54, 1.807) is 12.4 Å². The molecule has 0 saturated heterocycles. The summed E-state index contributed by atoms with van der Waals surface area (Å²) in [5.41, 5.74) is 5.42. The molecule has 0 atom stereocenters. The number of pyridine rings is 1. The molecule has 174 valence electrons. The maximum atomic E-state index is 13.2. The molecule has 0 bridgehead atoms. The number of nitrogens with zero attached hydrogens (tertiary/aromatic N) is 5. The minimum Gasteiger partial charge on any atom is -0.335 e. The molecule has 0 spiro atoms. The zero-order chi connectivity index (χ0) is 24.1. The van der Waals surface area contributed by atoms with Gasteiger partial charge >= 0.3 is 0 Å². The van der Waals surface area contributed by atoms with Gasteiger partial charge < -0.3 is 4.90 Å². The highest BCUT2D eigenvalue weighted by Gasteiger charge is 2.21. The molecular formula is C27H29N5OS.